The van der Waals surface area contributed by atoms with Crippen molar-refractivity contribution in [3.8, 4) is 10.6 Å². The Balaban J connectivity index is 1.77. The molecule has 1 aliphatic heterocycles. The topological polar surface area (TPSA) is 51.2 Å². The van der Waals surface area contributed by atoms with Crippen molar-refractivity contribution in [2.24, 2.45) is 0 Å². The Morgan fingerprint density at radius 2 is 2.43 bits per heavy atom. The van der Waals surface area contributed by atoms with Gasteiger partial charge in [0.15, 0.2) is 0 Å². The Morgan fingerprint density at radius 1 is 1.52 bits per heavy atom. The molecule has 2 heterocycles. The molecule has 1 amide bonds. The summed E-state index contributed by atoms with van der Waals surface area (Å²) >= 11 is 7.31. The van der Waals surface area contributed by atoms with Crippen LogP contribution in [0.3, 0.4) is 0 Å². The first kappa shape index (κ1) is 14.5. The third-order valence-corrected chi connectivity index (χ3v) is 4.54. The van der Waals surface area contributed by atoms with E-state index >= 15 is 0 Å². The van der Waals surface area contributed by atoms with Crippen molar-refractivity contribution in [2.75, 3.05) is 13.2 Å². The number of aromatic nitrogens is 1. The summed E-state index contributed by atoms with van der Waals surface area (Å²) in [7, 11) is 0. The van der Waals surface area contributed by atoms with E-state index in [-0.39, 0.29) is 11.9 Å². The van der Waals surface area contributed by atoms with Crippen molar-refractivity contribution < 1.29 is 9.53 Å². The fraction of sp³-hybridized carbons (Fsp3) is 0.333. The highest BCUT2D eigenvalue weighted by molar-refractivity contribution is 7.13. The van der Waals surface area contributed by atoms with E-state index in [9.17, 15) is 4.79 Å². The molecule has 1 N–H and O–H groups in total. The highest BCUT2D eigenvalue weighted by Gasteiger charge is 2.18. The Hall–Kier alpha value is -1.43. The first-order valence-electron chi connectivity index (χ1n) is 6.75. The lowest BCUT2D eigenvalue weighted by atomic mass is 10.1. The van der Waals surface area contributed by atoms with E-state index in [0.717, 1.165) is 22.7 Å². The summed E-state index contributed by atoms with van der Waals surface area (Å²) in [4.78, 5) is 16.7. The molecule has 1 aromatic heterocycles. The molecule has 6 heteroatoms. The van der Waals surface area contributed by atoms with Crippen LogP contribution in [0.5, 0.6) is 0 Å². The number of alkyl halides is 1. The summed E-state index contributed by atoms with van der Waals surface area (Å²) in [5.74, 6) is 0.333. The standard InChI is InChI=1S/C15H15ClN2O2S/c16-7-13-9-21-15(18-13)11-3-1-2-10(6-11)14(19)17-12-4-5-20-8-12/h1-3,6,9,12H,4-5,7-8H2,(H,17,19). The van der Waals surface area contributed by atoms with Gasteiger partial charge in [0, 0.05) is 23.1 Å². The Bertz CT molecular complexity index is 638. The SMILES string of the molecule is O=C(NC1CCOC1)c1cccc(-c2nc(CCl)cs2)c1. The van der Waals surface area contributed by atoms with E-state index in [0.29, 0.717) is 24.7 Å². The van der Waals surface area contributed by atoms with E-state index in [1.54, 1.807) is 0 Å². The van der Waals surface area contributed by atoms with E-state index in [1.807, 2.05) is 29.6 Å². The molecule has 3 rings (SSSR count). The molecule has 1 atom stereocenters. The van der Waals surface area contributed by atoms with Crippen LogP contribution in [-0.4, -0.2) is 30.1 Å². The van der Waals surface area contributed by atoms with Gasteiger partial charge in [-0.05, 0) is 18.6 Å². The van der Waals surface area contributed by atoms with Crippen molar-refractivity contribution in [3.63, 3.8) is 0 Å². The lowest BCUT2D eigenvalue weighted by Crippen LogP contribution is -2.34. The van der Waals surface area contributed by atoms with Crippen molar-refractivity contribution >= 4 is 28.8 Å². The van der Waals surface area contributed by atoms with Gasteiger partial charge in [0.2, 0.25) is 0 Å². The number of benzene rings is 1. The lowest BCUT2D eigenvalue weighted by Gasteiger charge is -2.11. The van der Waals surface area contributed by atoms with Crippen molar-refractivity contribution in [1.29, 1.82) is 0 Å². The second kappa shape index (κ2) is 6.56. The lowest BCUT2D eigenvalue weighted by molar-refractivity contribution is 0.0930. The normalized spacial score (nSPS) is 17.9. The van der Waals surface area contributed by atoms with Gasteiger partial charge in [0.05, 0.1) is 24.2 Å². The Labute approximate surface area is 132 Å². The monoisotopic (exact) mass is 322 g/mol. The number of hydrogen-bond acceptors (Lipinski definition) is 4. The average molecular weight is 323 g/mol. The smallest absolute Gasteiger partial charge is 0.251 e. The van der Waals surface area contributed by atoms with Gasteiger partial charge in [0.25, 0.3) is 5.91 Å². The highest BCUT2D eigenvalue weighted by Crippen LogP contribution is 2.25. The van der Waals surface area contributed by atoms with Crippen LogP contribution in [0, 0.1) is 0 Å². The van der Waals surface area contributed by atoms with Gasteiger partial charge in [-0.2, -0.15) is 0 Å². The molecule has 2 aromatic rings. The van der Waals surface area contributed by atoms with E-state index < -0.39 is 0 Å². The molecule has 0 saturated carbocycles. The van der Waals surface area contributed by atoms with Crippen LogP contribution < -0.4 is 5.32 Å². The van der Waals surface area contributed by atoms with Crippen molar-refractivity contribution in [2.45, 2.75) is 18.3 Å². The number of amides is 1. The number of nitrogens with zero attached hydrogens (tertiary/aromatic N) is 1. The third-order valence-electron chi connectivity index (χ3n) is 3.33. The molecule has 110 valence electrons. The zero-order valence-corrected chi connectivity index (χ0v) is 12.9. The van der Waals surface area contributed by atoms with Crippen LogP contribution >= 0.6 is 22.9 Å². The number of halogens is 1. The van der Waals surface area contributed by atoms with Gasteiger partial charge in [-0.1, -0.05) is 12.1 Å². The highest BCUT2D eigenvalue weighted by atomic mass is 35.5. The molecule has 4 nitrogen and oxygen atoms in total. The van der Waals surface area contributed by atoms with Gasteiger partial charge in [-0.25, -0.2) is 4.98 Å². The minimum atomic E-state index is -0.0681. The maximum Gasteiger partial charge on any atom is 0.251 e. The molecule has 1 aliphatic rings. The van der Waals surface area contributed by atoms with Crippen molar-refractivity contribution in [1.82, 2.24) is 10.3 Å². The molecule has 1 aromatic carbocycles. The minimum Gasteiger partial charge on any atom is -0.379 e. The van der Waals surface area contributed by atoms with Crippen LogP contribution in [0.25, 0.3) is 10.6 Å². The molecule has 1 fully saturated rings. The summed E-state index contributed by atoms with van der Waals surface area (Å²) in [5.41, 5.74) is 2.43. The van der Waals surface area contributed by atoms with E-state index in [4.69, 9.17) is 16.3 Å². The van der Waals surface area contributed by atoms with Crippen LogP contribution in [0.4, 0.5) is 0 Å². The summed E-state index contributed by atoms with van der Waals surface area (Å²) in [5, 5.41) is 5.80. The molecule has 1 saturated heterocycles. The first-order chi connectivity index (χ1) is 10.3. The number of thiazole rings is 1. The largest absolute Gasteiger partial charge is 0.379 e. The molecule has 21 heavy (non-hydrogen) atoms. The van der Waals surface area contributed by atoms with Gasteiger partial charge in [0.1, 0.15) is 5.01 Å². The second-order valence-corrected chi connectivity index (χ2v) is 6.02. The van der Waals surface area contributed by atoms with Crippen LogP contribution in [-0.2, 0) is 10.6 Å². The molecule has 0 spiro atoms. The van der Waals surface area contributed by atoms with E-state index in [2.05, 4.69) is 10.3 Å². The number of carbonyl (C=O) groups is 1. The van der Waals surface area contributed by atoms with Crippen molar-refractivity contribution in [3.05, 3.63) is 40.9 Å². The van der Waals surface area contributed by atoms with Gasteiger partial charge < -0.3 is 10.1 Å². The third kappa shape index (κ3) is 3.43. The fourth-order valence-corrected chi connectivity index (χ4v) is 3.26. The second-order valence-electron chi connectivity index (χ2n) is 4.89. The maximum absolute atomic E-state index is 12.2. The van der Waals surface area contributed by atoms with Gasteiger partial charge in [-0.3, -0.25) is 4.79 Å². The number of carbonyl (C=O) groups excluding carboxylic acids is 1. The zero-order chi connectivity index (χ0) is 14.7. The Kier molecular flexibility index (Phi) is 4.53. The quantitative estimate of drug-likeness (QED) is 0.880. The molecular formula is C15H15ClN2O2S. The predicted molar refractivity (Wildman–Crippen MR) is 83.8 cm³/mol. The van der Waals surface area contributed by atoms with Gasteiger partial charge >= 0.3 is 0 Å². The molecule has 0 radical (unpaired) electrons. The minimum absolute atomic E-state index is 0.0681. The number of hydrogen-bond donors (Lipinski definition) is 1. The van der Waals surface area contributed by atoms with Crippen LogP contribution in [0.1, 0.15) is 22.5 Å². The van der Waals surface area contributed by atoms with Crippen LogP contribution in [0.2, 0.25) is 0 Å². The first-order valence-corrected chi connectivity index (χ1v) is 8.17. The summed E-state index contributed by atoms with van der Waals surface area (Å²) in [6, 6.07) is 7.61. The molecular weight excluding hydrogens is 308 g/mol. The number of ether oxygens (including phenoxy) is 1. The average Bonchev–Trinajstić information content (AvgIpc) is 3.18. The predicted octanol–water partition coefficient (Wildman–Crippen LogP) is 3.07. The maximum atomic E-state index is 12.2. The number of rotatable bonds is 4. The van der Waals surface area contributed by atoms with Gasteiger partial charge in [-0.15, -0.1) is 22.9 Å². The number of nitrogens with one attached hydrogen (secondary N) is 1. The molecule has 1 unspecified atom stereocenters. The summed E-state index contributed by atoms with van der Waals surface area (Å²) in [6.45, 7) is 1.31. The fourth-order valence-electron chi connectivity index (χ4n) is 2.21. The summed E-state index contributed by atoms with van der Waals surface area (Å²) < 4.78 is 5.27. The van der Waals surface area contributed by atoms with E-state index in [1.165, 1.54) is 11.3 Å². The molecule has 0 aliphatic carbocycles. The molecule has 0 bridgehead atoms. The zero-order valence-electron chi connectivity index (χ0n) is 11.3. The van der Waals surface area contributed by atoms with Crippen LogP contribution in [0.15, 0.2) is 29.6 Å². The summed E-state index contributed by atoms with van der Waals surface area (Å²) in [6.07, 6.45) is 0.872. The Morgan fingerprint density at radius 3 is 3.14 bits per heavy atom.